The van der Waals surface area contributed by atoms with E-state index in [0.717, 1.165) is 16.9 Å². The standard InChI is InChI=1S/C18H19N3O3/c1-23-12-7-8-15(16(11-12)24-2)21-18(22)10-9-17-19-13-5-3-4-6-14(13)20-17/h3-8,11H,9-10H2,1-2H3,(H,19,20)(H,21,22). The highest BCUT2D eigenvalue weighted by atomic mass is 16.5. The molecule has 0 unspecified atom stereocenters. The van der Waals surface area contributed by atoms with Gasteiger partial charge in [0.05, 0.1) is 30.9 Å². The first-order chi connectivity index (χ1) is 11.7. The van der Waals surface area contributed by atoms with Gasteiger partial charge in [0.1, 0.15) is 17.3 Å². The van der Waals surface area contributed by atoms with E-state index in [-0.39, 0.29) is 5.91 Å². The van der Waals surface area contributed by atoms with Crippen molar-refractivity contribution < 1.29 is 14.3 Å². The predicted molar refractivity (Wildman–Crippen MR) is 92.6 cm³/mol. The first kappa shape index (κ1) is 15.9. The van der Waals surface area contributed by atoms with Crippen LogP contribution in [0.15, 0.2) is 42.5 Å². The summed E-state index contributed by atoms with van der Waals surface area (Å²) < 4.78 is 10.4. The molecule has 6 nitrogen and oxygen atoms in total. The topological polar surface area (TPSA) is 76.2 Å². The predicted octanol–water partition coefficient (Wildman–Crippen LogP) is 3.15. The van der Waals surface area contributed by atoms with Crippen molar-refractivity contribution >= 4 is 22.6 Å². The molecular formula is C18H19N3O3. The summed E-state index contributed by atoms with van der Waals surface area (Å²) in [6.07, 6.45) is 0.869. The molecule has 0 spiro atoms. The highest BCUT2D eigenvalue weighted by molar-refractivity contribution is 5.92. The molecule has 0 atom stereocenters. The number of fused-ring (bicyclic) bond motifs is 1. The van der Waals surface area contributed by atoms with Crippen molar-refractivity contribution in [1.29, 1.82) is 0 Å². The summed E-state index contributed by atoms with van der Waals surface area (Å²) >= 11 is 0. The lowest BCUT2D eigenvalue weighted by Gasteiger charge is -2.11. The molecule has 2 aromatic carbocycles. The number of amides is 1. The first-order valence-corrected chi connectivity index (χ1v) is 7.65. The molecular weight excluding hydrogens is 306 g/mol. The molecule has 0 saturated carbocycles. The molecule has 0 saturated heterocycles. The average molecular weight is 325 g/mol. The van der Waals surface area contributed by atoms with Crippen LogP contribution in [0.2, 0.25) is 0 Å². The number of hydrogen-bond donors (Lipinski definition) is 2. The summed E-state index contributed by atoms with van der Waals surface area (Å²) in [6.45, 7) is 0. The van der Waals surface area contributed by atoms with Crippen LogP contribution >= 0.6 is 0 Å². The van der Waals surface area contributed by atoms with Crippen LogP contribution in [-0.2, 0) is 11.2 Å². The lowest BCUT2D eigenvalue weighted by atomic mass is 10.2. The second kappa shape index (κ2) is 7.04. The number of carbonyl (C=O) groups is 1. The number of imidazole rings is 1. The monoisotopic (exact) mass is 325 g/mol. The Kier molecular flexibility index (Phi) is 4.65. The molecule has 124 valence electrons. The number of carbonyl (C=O) groups excluding carboxylic acids is 1. The van der Waals surface area contributed by atoms with Gasteiger partial charge in [-0.15, -0.1) is 0 Å². The largest absolute Gasteiger partial charge is 0.497 e. The Bertz CT molecular complexity index is 825. The third-order valence-corrected chi connectivity index (χ3v) is 3.71. The third-order valence-electron chi connectivity index (χ3n) is 3.71. The Morgan fingerprint density at radius 2 is 2.00 bits per heavy atom. The van der Waals surface area contributed by atoms with Gasteiger partial charge in [0.15, 0.2) is 0 Å². The van der Waals surface area contributed by atoms with Crippen molar-refractivity contribution in [2.24, 2.45) is 0 Å². The number of aromatic amines is 1. The van der Waals surface area contributed by atoms with Gasteiger partial charge in [-0.2, -0.15) is 0 Å². The van der Waals surface area contributed by atoms with Gasteiger partial charge in [-0.1, -0.05) is 12.1 Å². The van der Waals surface area contributed by atoms with Crippen molar-refractivity contribution in [2.45, 2.75) is 12.8 Å². The van der Waals surface area contributed by atoms with Crippen molar-refractivity contribution in [3.05, 3.63) is 48.3 Å². The maximum Gasteiger partial charge on any atom is 0.224 e. The summed E-state index contributed by atoms with van der Waals surface area (Å²) in [5.41, 5.74) is 2.50. The van der Waals surface area contributed by atoms with Gasteiger partial charge in [0.2, 0.25) is 5.91 Å². The van der Waals surface area contributed by atoms with E-state index in [1.54, 1.807) is 32.4 Å². The molecule has 24 heavy (non-hydrogen) atoms. The maximum atomic E-state index is 12.2. The zero-order chi connectivity index (χ0) is 16.9. The number of hydrogen-bond acceptors (Lipinski definition) is 4. The normalized spacial score (nSPS) is 10.6. The molecule has 1 heterocycles. The minimum atomic E-state index is -0.0982. The van der Waals surface area contributed by atoms with Gasteiger partial charge in [-0.05, 0) is 24.3 Å². The van der Waals surface area contributed by atoms with Crippen LogP contribution in [0.3, 0.4) is 0 Å². The number of aromatic nitrogens is 2. The summed E-state index contributed by atoms with van der Waals surface area (Å²) in [5, 5.41) is 2.86. The Labute approximate surface area is 139 Å². The molecule has 0 fully saturated rings. The Morgan fingerprint density at radius 1 is 1.17 bits per heavy atom. The summed E-state index contributed by atoms with van der Waals surface area (Å²) in [7, 11) is 3.14. The Morgan fingerprint density at radius 3 is 2.75 bits per heavy atom. The summed E-state index contributed by atoms with van der Waals surface area (Å²) in [5.74, 6) is 1.94. The fourth-order valence-electron chi connectivity index (χ4n) is 2.47. The van der Waals surface area contributed by atoms with Crippen LogP contribution in [0.5, 0.6) is 11.5 Å². The minimum absolute atomic E-state index is 0.0982. The first-order valence-electron chi connectivity index (χ1n) is 7.65. The molecule has 3 rings (SSSR count). The number of H-pyrrole nitrogens is 1. The lowest BCUT2D eigenvalue weighted by molar-refractivity contribution is -0.116. The van der Waals surface area contributed by atoms with Crippen LogP contribution < -0.4 is 14.8 Å². The fraction of sp³-hybridized carbons (Fsp3) is 0.222. The van der Waals surface area contributed by atoms with Crippen molar-refractivity contribution in [3.8, 4) is 11.5 Å². The van der Waals surface area contributed by atoms with Crippen LogP contribution in [0.4, 0.5) is 5.69 Å². The fourth-order valence-corrected chi connectivity index (χ4v) is 2.47. The van der Waals surface area contributed by atoms with E-state index >= 15 is 0 Å². The molecule has 0 bridgehead atoms. The second-order valence-corrected chi connectivity index (χ2v) is 5.32. The highest BCUT2D eigenvalue weighted by Gasteiger charge is 2.10. The van der Waals surface area contributed by atoms with E-state index in [9.17, 15) is 4.79 Å². The zero-order valence-electron chi connectivity index (χ0n) is 13.6. The number of para-hydroxylation sites is 2. The second-order valence-electron chi connectivity index (χ2n) is 5.32. The van der Waals surface area contributed by atoms with Gasteiger partial charge in [0.25, 0.3) is 0 Å². The minimum Gasteiger partial charge on any atom is -0.497 e. The quantitative estimate of drug-likeness (QED) is 0.730. The molecule has 1 aromatic heterocycles. The van der Waals surface area contributed by atoms with Crippen molar-refractivity contribution in [1.82, 2.24) is 9.97 Å². The number of anilines is 1. The maximum absolute atomic E-state index is 12.2. The van der Waals surface area contributed by atoms with E-state index in [4.69, 9.17) is 9.47 Å². The van der Waals surface area contributed by atoms with E-state index in [0.29, 0.717) is 30.0 Å². The number of nitrogens with one attached hydrogen (secondary N) is 2. The molecule has 1 amide bonds. The molecule has 0 aliphatic heterocycles. The van der Waals surface area contributed by atoms with Crippen LogP contribution in [0.25, 0.3) is 11.0 Å². The van der Waals surface area contributed by atoms with Crippen molar-refractivity contribution in [3.63, 3.8) is 0 Å². The molecule has 6 heteroatoms. The van der Waals surface area contributed by atoms with Crippen LogP contribution in [-0.4, -0.2) is 30.1 Å². The van der Waals surface area contributed by atoms with E-state index in [1.807, 2.05) is 24.3 Å². The Hall–Kier alpha value is -3.02. The van der Waals surface area contributed by atoms with Gasteiger partial charge in [0, 0.05) is 18.9 Å². The van der Waals surface area contributed by atoms with Gasteiger partial charge >= 0.3 is 0 Å². The van der Waals surface area contributed by atoms with Gasteiger partial charge in [-0.3, -0.25) is 4.79 Å². The van der Waals surface area contributed by atoms with E-state index in [1.165, 1.54) is 0 Å². The number of nitrogens with zero attached hydrogens (tertiary/aromatic N) is 1. The molecule has 3 aromatic rings. The zero-order valence-corrected chi connectivity index (χ0v) is 13.6. The number of benzene rings is 2. The number of rotatable bonds is 6. The van der Waals surface area contributed by atoms with E-state index < -0.39 is 0 Å². The lowest BCUT2D eigenvalue weighted by Crippen LogP contribution is -2.13. The number of methoxy groups -OCH3 is 2. The summed E-state index contributed by atoms with van der Waals surface area (Å²) in [6, 6.07) is 13.1. The van der Waals surface area contributed by atoms with Crippen LogP contribution in [0, 0.1) is 0 Å². The third kappa shape index (κ3) is 3.48. The SMILES string of the molecule is COc1ccc(NC(=O)CCc2nc3ccccc3[nH]2)c(OC)c1. The average Bonchev–Trinajstić information content (AvgIpc) is 3.03. The van der Waals surface area contributed by atoms with E-state index in [2.05, 4.69) is 15.3 Å². The number of ether oxygens (including phenoxy) is 2. The molecule has 0 radical (unpaired) electrons. The highest BCUT2D eigenvalue weighted by Crippen LogP contribution is 2.29. The molecule has 0 aliphatic carbocycles. The van der Waals surface area contributed by atoms with Gasteiger partial charge < -0.3 is 19.8 Å². The summed E-state index contributed by atoms with van der Waals surface area (Å²) in [4.78, 5) is 19.9. The molecule has 2 N–H and O–H groups in total. The van der Waals surface area contributed by atoms with Crippen LogP contribution in [0.1, 0.15) is 12.2 Å². The van der Waals surface area contributed by atoms with Gasteiger partial charge in [-0.25, -0.2) is 4.98 Å². The molecule has 0 aliphatic rings. The smallest absolute Gasteiger partial charge is 0.224 e. The number of aryl methyl sites for hydroxylation is 1. The van der Waals surface area contributed by atoms with Crippen molar-refractivity contribution in [2.75, 3.05) is 19.5 Å². The Balaban J connectivity index is 1.63.